The Labute approximate surface area is 96.9 Å². The predicted octanol–water partition coefficient (Wildman–Crippen LogP) is 1.15. The largest absolute Gasteiger partial charge is 0.336 e. The Hall–Kier alpha value is -0.950. The smallest absolute Gasteiger partial charge is 0.307 e. The number of carbonyl (C=O) groups excluding carboxylic acids is 1. The van der Waals surface area contributed by atoms with E-state index in [-0.39, 0.29) is 18.9 Å². The molecule has 1 amide bonds. The monoisotopic (exact) mass is 263 g/mol. The Morgan fingerprint density at radius 2 is 2.31 bits per heavy atom. The van der Waals surface area contributed by atoms with Gasteiger partial charge in [-0.3, -0.25) is 4.79 Å². The van der Waals surface area contributed by atoms with E-state index in [9.17, 15) is 17.1 Å². The minimum absolute atomic E-state index is 0.0461. The SMILES string of the molecule is O=C1CC(S(=O)(=O)F)CN1Cc1cccs1. The van der Waals surface area contributed by atoms with Crippen molar-refractivity contribution in [3.63, 3.8) is 0 Å². The molecule has 1 aromatic heterocycles. The normalized spacial score (nSPS) is 21.7. The highest BCUT2D eigenvalue weighted by Crippen LogP contribution is 2.22. The number of hydrogen-bond acceptors (Lipinski definition) is 4. The molecule has 0 aromatic carbocycles. The highest BCUT2D eigenvalue weighted by Gasteiger charge is 2.38. The molecular formula is C9H10FNO3S2. The maximum absolute atomic E-state index is 12.7. The first-order chi connectivity index (χ1) is 7.47. The molecule has 0 N–H and O–H groups in total. The minimum Gasteiger partial charge on any atom is -0.336 e. The fourth-order valence-electron chi connectivity index (χ4n) is 1.67. The molecule has 0 saturated carbocycles. The Morgan fingerprint density at radius 1 is 1.56 bits per heavy atom. The summed E-state index contributed by atoms with van der Waals surface area (Å²) in [6, 6.07) is 3.71. The zero-order chi connectivity index (χ0) is 11.8. The van der Waals surface area contributed by atoms with E-state index >= 15 is 0 Å². The molecule has 1 fully saturated rings. The van der Waals surface area contributed by atoms with Gasteiger partial charge in [-0.15, -0.1) is 15.2 Å². The Morgan fingerprint density at radius 3 is 2.81 bits per heavy atom. The van der Waals surface area contributed by atoms with Crippen molar-refractivity contribution < 1.29 is 17.1 Å². The summed E-state index contributed by atoms with van der Waals surface area (Å²) in [5, 5.41) is 0.680. The molecule has 2 rings (SSSR count). The van der Waals surface area contributed by atoms with Crippen molar-refractivity contribution in [1.82, 2.24) is 4.90 Å². The van der Waals surface area contributed by atoms with Gasteiger partial charge in [-0.25, -0.2) is 0 Å². The zero-order valence-electron chi connectivity index (χ0n) is 8.30. The molecule has 0 bridgehead atoms. The summed E-state index contributed by atoms with van der Waals surface area (Å²) in [6.07, 6.45) is -0.246. The number of halogens is 1. The van der Waals surface area contributed by atoms with Crippen LogP contribution < -0.4 is 0 Å². The van der Waals surface area contributed by atoms with Crippen LogP contribution in [0.15, 0.2) is 17.5 Å². The Kier molecular flexibility index (Phi) is 2.98. The summed E-state index contributed by atoms with van der Waals surface area (Å²) >= 11 is 1.48. The third-order valence-electron chi connectivity index (χ3n) is 2.50. The van der Waals surface area contributed by atoms with Crippen LogP contribution in [0.5, 0.6) is 0 Å². The van der Waals surface area contributed by atoms with Crippen molar-refractivity contribution in [3.8, 4) is 0 Å². The van der Waals surface area contributed by atoms with Crippen molar-refractivity contribution in [2.24, 2.45) is 0 Å². The van der Waals surface area contributed by atoms with Gasteiger partial charge in [0.1, 0.15) is 5.25 Å². The molecule has 1 unspecified atom stereocenters. The summed E-state index contributed by atoms with van der Waals surface area (Å²) in [7, 11) is -4.61. The van der Waals surface area contributed by atoms with E-state index in [4.69, 9.17) is 0 Å². The lowest BCUT2D eigenvalue weighted by atomic mass is 10.4. The molecule has 0 aliphatic carbocycles. The number of hydrogen-bond donors (Lipinski definition) is 0. The number of amides is 1. The number of thiophene rings is 1. The lowest BCUT2D eigenvalue weighted by Gasteiger charge is -2.14. The summed E-state index contributed by atoms with van der Waals surface area (Å²) in [4.78, 5) is 13.8. The van der Waals surface area contributed by atoms with Crippen LogP contribution in [-0.2, 0) is 21.6 Å². The van der Waals surface area contributed by atoms with E-state index in [1.54, 1.807) is 0 Å². The molecule has 0 radical (unpaired) electrons. The first kappa shape index (κ1) is 11.5. The van der Waals surface area contributed by atoms with E-state index < -0.39 is 15.5 Å². The van der Waals surface area contributed by atoms with Gasteiger partial charge in [-0.1, -0.05) is 6.07 Å². The highest BCUT2D eigenvalue weighted by molar-refractivity contribution is 7.87. The van der Waals surface area contributed by atoms with E-state index in [0.29, 0.717) is 6.54 Å². The lowest BCUT2D eigenvalue weighted by molar-refractivity contribution is -0.128. The van der Waals surface area contributed by atoms with Gasteiger partial charge < -0.3 is 4.90 Å². The number of nitrogens with zero attached hydrogens (tertiary/aromatic N) is 1. The van der Waals surface area contributed by atoms with Gasteiger partial charge in [0.15, 0.2) is 0 Å². The molecular weight excluding hydrogens is 253 g/mol. The Balaban J connectivity index is 2.06. The summed E-state index contributed by atoms with van der Waals surface area (Å²) in [5.41, 5.74) is 0. The second-order valence-corrected chi connectivity index (χ2v) is 6.31. The highest BCUT2D eigenvalue weighted by atomic mass is 32.3. The van der Waals surface area contributed by atoms with E-state index in [2.05, 4.69) is 0 Å². The first-order valence-corrected chi connectivity index (χ1v) is 7.03. The second kappa shape index (κ2) is 4.14. The predicted molar refractivity (Wildman–Crippen MR) is 58.2 cm³/mol. The number of likely N-dealkylation sites (tertiary alicyclic amines) is 1. The molecule has 4 nitrogen and oxygen atoms in total. The lowest BCUT2D eigenvalue weighted by Crippen LogP contribution is -2.26. The van der Waals surface area contributed by atoms with Crippen molar-refractivity contribution >= 4 is 27.5 Å². The molecule has 1 aliphatic rings. The van der Waals surface area contributed by atoms with Gasteiger partial charge in [-0.05, 0) is 11.4 Å². The molecule has 0 spiro atoms. The van der Waals surface area contributed by atoms with Crippen LogP contribution in [0.4, 0.5) is 3.89 Å². The maximum Gasteiger partial charge on any atom is 0.307 e. The van der Waals surface area contributed by atoms with Crippen LogP contribution >= 0.6 is 11.3 Å². The first-order valence-electron chi connectivity index (χ1n) is 4.70. The average Bonchev–Trinajstić information content (AvgIpc) is 2.76. The third kappa shape index (κ3) is 2.41. The standard InChI is InChI=1S/C9H10FNO3S2/c10-16(13,14)8-4-9(12)11(6-8)5-7-2-1-3-15-7/h1-3,8H,4-6H2. The van der Waals surface area contributed by atoms with Crippen LogP contribution in [0.2, 0.25) is 0 Å². The summed E-state index contributed by atoms with van der Waals surface area (Å²) < 4.78 is 34.1. The quantitative estimate of drug-likeness (QED) is 0.769. The van der Waals surface area contributed by atoms with Crippen molar-refractivity contribution in [2.75, 3.05) is 6.54 Å². The van der Waals surface area contributed by atoms with Crippen molar-refractivity contribution in [1.29, 1.82) is 0 Å². The maximum atomic E-state index is 12.7. The summed E-state index contributed by atoms with van der Waals surface area (Å²) in [6.45, 7) is 0.318. The van der Waals surface area contributed by atoms with E-state index in [1.807, 2.05) is 17.5 Å². The molecule has 16 heavy (non-hydrogen) atoms. The molecule has 1 atom stereocenters. The zero-order valence-corrected chi connectivity index (χ0v) is 9.93. The van der Waals surface area contributed by atoms with Gasteiger partial charge in [0.25, 0.3) is 0 Å². The van der Waals surface area contributed by atoms with Crippen LogP contribution in [0.25, 0.3) is 0 Å². The second-order valence-electron chi connectivity index (χ2n) is 3.66. The van der Waals surface area contributed by atoms with Gasteiger partial charge in [0.2, 0.25) is 5.91 Å². The van der Waals surface area contributed by atoms with Gasteiger partial charge in [0, 0.05) is 17.8 Å². The van der Waals surface area contributed by atoms with E-state index in [1.165, 1.54) is 16.2 Å². The fraction of sp³-hybridized carbons (Fsp3) is 0.444. The molecule has 1 saturated heterocycles. The minimum atomic E-state index is -4.61. The number of carbonyl (C=O) groups is 1. The van der Waals surface area contributed by atoms with Crippen molar-refractivity contribution in [2.45, 2.75) is 18.2 Å². The summed E-state index contributed by atoms with van der Waals surface area (Å²) in [5.74, 6) is -0.306. The van der Waals surface area contributed by atoms with Crippen LogP contribution in [0.3, 0.4) is 0 Å². The Bertz CT molecular complexity index is 483. The van der Waals surface area contributed by atoms with Gasteiger partial charge in [0.05, 0.1) is 6.54 Å². The number of rotatable bonds is 3. The molecule has 1 aromatic rings. The van der Waals surface area contributed by atoms with Crippen LogP contribution in [0, 0.1) is 0 Å². The van der Waals surface area contributed by atoms with Crippen LogP contribution in [-0.4, -0.2) is 31.0 Å². The van der Waals surface area contributed by atoms with E-state index in [0.717, 1.165) is 4.88 Å². The fourth-order valence-corrected chi connectivity index (χ4v) is 3.09. The van der Waals surface area contributed by atoms with Crippen LogP contribution in [0.1, 0.15) is 11.3 Å². The molecule has 1 aliphatic heterocycles. The van der Waals surface area contributed by atoms with Gasteiger partial charge >= 0.3 is 10.2 Å². The topological polar surface area (TPSA) is 54.5 Å². The average molecular weight is 263 g/mol. The van der Waals surface area contributed by atoms with Crippen molar-refractivity contribution in [3.05, 3.63) is 22.4 Å². The van der Waals surface area contributed by atoms with Gasteiger partial charge in [-0.2, -0.15) is 8.42 Å². The molecule has 7 heteroatoms. The third-order valence-corrected chi connectivity index (χ3v) is 4.48. The molecule has 2 heterocycles. The molecule has 88 valence electrons.